The van der Waals surface area contributed by atoms with Gasteiger partial charge in [-0.2, -0.15) is 4.98 Å². The van der Waals surface area contributed by atoms with Crippen LogP contribution in [0.25, 0.3) is 0 Å². The predicted molar refractivity (Wildman–Crippen MR) is 61.1 cm³/mol. The molecule has 3 atom stereocenters. The van der Waals surface area contributed by atoms with E-state index in [2.05, 4.69) is 4.98 Å². The number of aromatic nitrogens is 2. The van der Waals surface area contributed by atoms with Gasteiger partial charge >= 0.3 is 5.56 Å². The zero-order valence-electron chi connectivity index (χ0n) is 9.81. The van der Waals surface area contributed by atoms with Crippen molar-refractivity contribution in [3.63, 3.8) is 0 Å². The summed E-state index contributed by atoms with van der Waals surface area (Å²) in [6, 6.07) is 0. The molecule has 0 aromatic carbocycles. The van der Waals surface area contributed by atoms with Gasteiger partial charge in [0.25, 0.3) is 0 Å². The maximum absolute atomic E-state index is 11.4. The Morgan fingerprint density at radius 3 is 3.00 bits per heavy atom. The van der Waals surface area contributed by atoms with E-state index in [-0.39, 0.29) is 24.7 Å². The number of anilines is 1. The fraction of sp³-hybridized carbons (Fsp3) is 0.600. The summed E-state index contributed by atoms with van der Waals surface area (Å²) < 4.78 is 11.7. The third kappa shape index (κ3) is 2.17. The first-order chi connectivity index (χ1) is 8.56. The van der Waals surface area contributed by atoms with Crippen LogP contribution in [0, 0.1) is 0 Å². The van der Waals surface area contributed by atoms with Gasteiger partial charge in [0.2, 0.25) is 11.7 Å². The molecule has 100 valence electrons. The van der Waals surface area contributed by atoms with Gasteiger partial charge in [-0.3, -0.25) is 9.36 Å². The number of nitrogen functional groups attached to an aromatic ring is 1. The highest BCUT2D eigenvalue weighted by Gasteiger charge is 2.35. The summed E-state index contributed by atoms with van der Waals surface area (Å²) in [5, 5.41) is 18.6. The molecule has 0 bridgehead atoms. The SMILES string of the molecule is COc1cn([C@H]2C[C@H](O)[C@@H](CO)O2)c(N)nc1=O. The maximum atomic E-state index is 11.4. The van der Waals surface area contributed by atoms with Crippen LogP contribution in [-0.2, 0) is 4.74 Å². The molecule has 1 aliphatic heterocycles. The van der Waals surface area contributed by atoms with E-state index in [0.29, 0.717) is 0 Å². The van der Waals surface area contributed by atoms with Crippen LogP contribution in [-0.4, -0.2) is 45.7 Å². The summed E-state index contributed by atoms with van der Waals surface area (Å²) >= 11 is 0. The second kappa shape index (κ2) is 4.92. The van der Waals surface area contributed by atoms with Crippen LogP contribution in [0.2, 0.25) is 0 Å². The van der Waals surface area contributed by atoms with Crippen LogP contribution in [0.5, 0.6) is 5.75 Å². The number of rotatable bonds is 3. The van der Waals surface area contributed by atoms with Crippen LogP contribution in [0.4, 0.5) is 5.95 Å². The Balaban J connectivity index is 2.32. The van der Waals surface area contributed by atoms with Crippen molar-refractivity contribution in [2.24, 2.45) is 0 Å². The van der Waals surface area contributed by atoms with Gasteiger partial charge in [-0.1, -0.05) is 0 Å². The minimum absolute atomic E-state index is 0.0309. The lowest BCUT2D eigenvalue weighted by Crippen LogP contribution is -2.24. The first-order valence-electron chi connectivity index (χ1n) is 5.43. The summed E-state index contributed by atoms with van der Waals surface area (Å²) in [7, 11) is 1.35. The average Bonchev–Trinajstić information content (AvgIpc) is 2.70. The summed E-state index contributed by atoms with van der Waals surface area (Å²) in [6.45, 7) is -0.289. The standard InChI is InChI=1S/C10H15N3O5/c1-17-6-3-13(10(11)12-9(6)16)8-2-5(15)7(4-14)18-8/h3,5,7-8,14-15H,2,4H2,1H3,(H2,11,12,16)/t5-,7+,8+/m0/s1. The lowest BCUT2D eigenvalue weighted by atomic mass is 10.2. The minimum atomic E-state index is -0.787. The van der Waals surface area contributed by atoms with Crippen LogP contribution < -0.4 is 16.0 Å². The lowest BCUT2D eigenvalue weighted by molar-refractivity contribution is -0.0441. The van der Waals surface area contributed by atoms with E-state index in [1.807, 2.05) is 0 Å². The number of aliphatic hydroxyl groups is 2. The van der Waals surface area contributed by atoms with Gasteiger partial charge in [-0.15, -0.1) is 0 Å². The summed E-state index contributed by atoms with van der Waals surface area (Å²) in [5.74, 6) is 0.00586. The van der Waals surface area contributed by atoms with E-state index in [1.165, 1.54) is 17.9 Å². The zero-order valence-corrected chi connectivity index (χ0v) is 9.81. The first-order valence-corrected chi connectivity index (χ1v) is 5.43. The maximum Gasteiger partial charge on any atom is 0.316 e. The first kappa shape index (κ1) is 12.8. The Kier molecular flexibility index (Phi) is 3.50. The Morgan fingerprint density at radius 1 is 1.72 bits per heavy atom. The van der Waals surface area contributed by atoms with Crippen molar-refractivity contribution in [3.8, 4) is 5.75 Å². The monoisotopic (exact) mass is 257 g/mol. The van der Waals surface area contributed by atoms with E-state index < -0.39 is 24.0 Å². The summed E-state index contributed by atoms with van der Waals surface area (Å²) in [6.07, 6.45) is -0.408. The molecular formula is C10H15N3O5. The van der Waals surface area contributed by atoms with Crippen molar-refractivity contribution in [2.45, 2.75) is 24.9 Å². The molecule has 8 heteroatoms. The molecule has 4 N–H and O–H groups in total. The molecule has 0 radical (unpaired) electrons. The molecule has 2 heterocycles. The highest BCUT2D eigenvalue weighted by Crippen LogP contribution is 2.30. The molecule has 0 unspecified atom stereocenters. The third-order valence-corrected chi connectivity index (χ3v) is 2.86. The van der Waals surface area contributed by atoms with Crippen molar-refractivity contribution in [3.05, 3.63) is 16.6 Å². The van der Waals surface area contributed by atoms with Gasteiger partial charge in [0.05, 0.1) is 26.0 Å². The van der Waals surface area contributed by atoms with Gasteiger partial charge in [-0.25, -0.2) is 0 Å². The number of ether oxygens (including phenoxy) is 2. The smallest absolute Gasteiger partial charge is 0.316 e. The van der Waals surface area contributed by atoms with E-state index in [9.17, 15) is 9.90 Å². The summed E-state index contributed by atoms with van der Waals surface area (Å²) in [4.78, 5) is 15.0. The Labute approximate surface area is 103 Å². The van der Waals surface area contributed by atoms with Gasteiger partial charge < -0.3 is 25.4 Å². The Morgan fingerprint density at radius 2 is 2.44 bits per heavy atom. The molecule has 1 fully saturated rings. The Hall–Kier alpha value is -1.64. The van der Waals surface area contributed by atoms with Crippen molar-refractivity contribution in [1.82, 2.24) is 9.55 Å². The summed E-state index contributed by atoms with van der Waals surface area (Å²) in [5.41, 5.74) is 5.06. The van der Waals surface area contributed by atoms with Gasteiger partial charge in [0, 0.05) is 6.42 Å². The van der Waals surface area contributed by atoms with Crippen molar-refractivity contribution in [2.75, 3.05) is 19.5 Å². The zero-order chi connectivity index (χ0) is 13.3. The van der Waals surface area contributed by atoms with Crippen LogP contribution in [0.3, 0.4) is 0 Å². The molecule has 0 saturated carbocycles. The van der Waals surface area contributed by atoms with E-state index >= 15 is 0 Å². The van der Waals surface area contributed by atoms with Gasteiger partial charge in [0.15, 0.2) is 0 Å². The second-order valence-electron chi connectivity index (χ2n) is 3.99. The van der Waals surface area contributed by atoms with Crippen molar-refractivity contribution >= 4 is 5.95 Å². The number of methoxy groups -OCH3 is 1. The van der Waals surface area contributed by atoms with E-state index in [1.54, 1.807) is 0 Å². The van der Waals surface area contributed by atoms with Crippen LogP contribution in [0.1, 0.15) is 12.6 Å². The molecule has 0 spiro atoms. The van der Waals surface area contributed by atoms with Crippen LogP contribution in [0.15, 0.2) is 11.0 Å². The number of hydrogen-bond acceptors (Lipinski definition) is 7. The molecule has 2 rings (SSSR count). The second-order valence-corrected chi connectivity index (χ2v) is 3.99. The highest BCUT2D eigenvalue weighted by molar-refractivity contribution is 5.25. The minimum Gasteiger partial charge on any atom is -0.490 e. The Bertz CT molecular complexity index is 489. The van der Waals surface area contributed by atoms with E-state index in [4.69, 9.17) is 20.3 Å². The normalized spacial score (nSPS) is 27.4. The molecule has 1 aromatic rings. The largest absolute Gasteiger partial charge is 0.490 e. The van der Waals surface area contributed by atoms with Gasteiger partial charge in [-0.05, 0) is 0 Å². The molecule has 1 aromatic heterocycles. The molecule has 0 amide bonds. The van der Waals surface area contributed by atoms with Crippen LogP contribution >= 0.6 is 0 Å². The lowest BCUT2D eigenvalue weighted by Gasteiger charge is -2.17. The quantitative estimate of drug-likeness (QED) is 0.601. The molecule has 1 aliphatic rings. The number of nitrogens with two attached hydrogens (primary N) is 1. The van der Waals surface area contributed by atoms with Crippen molar-refractivity contribution < 1.29 is 19.7 Å². The van der Waals surface area contributed by atoms with Gasteiger partial charge in [0.1, 0.15) is 12.3 Å². The van der Waals surface area contributed by atoms with Crippen molar-refractivity contribution in [1.29, 1.82) is 0 Å². The number of aliphatic hydroxyl groups excluding tert-OH is 2. The topological polar surface area (TPSA) is 120 Å². The molecular weight excluding hydrogens is 242 g/mol. The molecule has 18 heavy (non-hydrogen) atoms. The molecule has 8 nitrogen and oxygen atoms in total. The number of hydrogen-bond donors (Lipinski definition) is 3. The third-order valence-electron chi connectivity index (χ3n) is 2.86. The predicted octanol–water partition coefficient (Wildman–Crippen LogP) is -1.53. The average molecular weight is 257 g/mol. The fourth-order valence-electron chi connectivity index (χ4n) is 1.89. The molecule has 0 aliphatic carbocycles. The number of nitrogens with zero attached hydrogens (tertiary/aromatic N) is 2. The fourth-order valence-corrected chi connectivity index (χ4v) is 1.89. The molecule has 1 saturated heterocycles. The highest BCUT2D eigenvalue weighted by atomic mass is 16.5. The van der Waals surface area contributed by atoms with E-state index in [0.717, 1.165) is 0 Å².